The Labute approximate surface area is 148 Å². The Bertz CT molecular complexity index is 756. The summed E-state index contributed by atoms with van der Waals surface area (Å²) in [5.41, 5.74) is 2.26. The number of hydrogen-bond donors (Lipinski definition) is 0. The maximum absolute atomic E-state index is 13.0. The second-order valence-electron chi connectivity index (χ2n) is 7.18. The van der Waals surface area contributed by atoms with E-state index in [1.165, 1.54) is 0 Å². The molecule has 0 aromatic heterocycles. The molecule has 3 nitrogen and oxygen atoms in total. The molecule has 0 radical (unpaired) electrons. The van der Waals surface area contributed by atoms with Crippen molar-refractivity contribution in [3.05, 3.63) is 71.8 Å². The molecule has 3 heteroatoms. The number of likely N-dealkylation sites (tertiary alicyclic amines) is 1. The number of benzene rings is 2. The number of hydrogen-bond acceptors (Lipinski definition) is 2. The number of carbonyl (C=O) groups excluding carboxylic acids is 2. The van der Waals surface area contributed by atoms with Crippen molar-refractivity contribution in [2.24, 2.45) is 5.92 Å². The largest absolute Gasteiger partial charge is 0.335 e. The van der Waals surface area contributed by atoms with Gasteiger partial charge in [-0.2, -0.15) is 0 Å². The van der Waals surface area contributed by atoms with E-state index in [0.717, 1.165) is 24.0 Å². The van der Waals surface area contributed by atoms with Crippen molar-refractivity contribution < 1.29 is 9.59 Å². The molecule has 0 spiro atoms. The third-order valence-electron chi connectivity index (χ3n) is 5.68. The molecule has 2 fully saturated rings. The topological polar surface area (TPSA) is 37.4 Å². The molecule has 1 heterocycles. The molecular weight excluding hydrogens is 310 g/mol. The van der Waals surface area contributed by atoms with Crippen molar-refractivity contribution in [1.82, 2.24) is 4.90 Å². The molecule has 25 heavy (non-hydrogen) atoms. The normalized spacial score (nSPS) is 26.4. The van der Waals surface area contributed by atoms with Crippen molar-refractivity contribution in [2.75, 3.05) is 0 Å². The highest BCUT2D eigenvalue weighted by Gasteiger charge is 2.47. The highest BCUT2D eigenvalue weighted by Crippen LogP contribution is 2.43. The maximum Gasteiger partial charge on any atom is 0.223 e. The lowest BCUT2D eigenvalue weighted by molar-refractivity contribution is -0.147. The van der Waals surface area contributed by atoms with Crippen LogP contribution in [-0.2, 0) is 16.1 Å². The van der Waals surface area contributed by atoms with Gasteiger partial charge < -0.3 is 4.90 Å². The van der Waals surface area contributed by atoms with Gasteiger partial charge in [-0.1, -0.05) is 60.7 Å². The zero-order valence-corrected chi connectivity index (χ0v) is 14.3. The minimum Gasteiger partial charge on any atom is -0.335 e. The van der Waals surface area contributed by atoms with Crippen LogP contribution in [0.5, 0.6) is 0 Å². The molecular formula is C22H23NO2. The van der Waals surface area contributed by atoms with Crippen molar-refractivity contribution in [2.45, 2.75) is 44.2 Å². The number of piperidine rings is 1. The molecule has 1 aliphatic heterocycles. The van der Waals surface area contributed by atoms with Gasteiger partial charge in [0, 0.05) is 37.3 Å². The zero-order chi connectivity index (χ0) is 17.2. The average molecular weight is 333 g/mol. The summed E-state index contributed by atoms with van der Waals surface area (Å²) in [5, 5.41) is 0. The number of nitrogens with zero attached hydrogens (tertiary/aromatic N) is 1. The summed E-state index contributed by atoms with van der Waals surface area (Å²) in [6.07, 6.45) is 2.90. The number of carbonyl (C=O) groups is 2. The van der Waals surface area contributed by atoms with E-state index in [2.05, 4.69) is 24.3 Å². The number of fused-ring (bicyclic) bond motifs is 1. The van der Waals surface area contributed by atoms with E-state index in [0.29, 0.717) is 25.2 Å². The summed E-state index contributed by atoms with van der Waals surface area (Å²) in [7, 11) is 0. The molecule has 1 aliphatic carbocycles. The summed E-state index contributed by atoms with van der Waals surface area (Å²) in [5.74, 6) is 0.473. The molecule has 1 saturated heterocycles. The van der Waals surface area contributed by atoms with Crippen LogP contribution in [-0.4, -0.2) is 22.6 Å². The summed E-state index contributed by atoms with van der Waals surface area (Å²) in [4.78, 5) is 27.7. The Morgan fingerprint density at radius 3 is 2.32 bits per heavy atom. The highest BCUT2D eigenvalue weighted by molar-refractivity contribution is 5.88. The molecule has 128 valence electrons. The van der Waals surface area contributed by atoms with Gasteiger partial charge in [-0.15, -0.1) is 0 Å². The van der Waals surface area contributed by atoms with E-state index in [4.69, 9.17) is 0 Å². The molecule has 0 unspecified atom stereocenters. The lowest BCUT2D eigenvalue weighted by Crippen LogP contribution is -2.55. The van der Waals surface area contributed by atoms with E-state index in [1.807, 2.05) is 41.3 Å². The van der Waals surface area contributed by atoms with Crippen LogP contribution in [0.4, 0.5) is 0 Å². The molecule has 2 aromatic carbocycles. The van der Waals surface area contributed by atoms with Crippen LogP contribution in [0.15, 0.2) is 60.7 Å². The van der Waals surface area contributed by atoms with Crippen molar-refractivity contribution >= 4 is 11.7 Å². The SMILES string of the molecule is O=C1CCC[C@@H]2[C@H]1[C@@H](c1ccccc1)CC(=O)N2Cc1ccccc1. The Kier molecular flexibility index (Phi) is 4.39. The standard InChI is InChI=1S/C22H23NO2/c24-20-13-7-12-19-22(20)18(17-10-5-2-6-11-17)14-21(25)23(19)15-16-8-3-1-4-9-16/h1-6,8-11,18-19,22H,7,12-15H2/t18-,19-,22-/m1/s1. The fourth-order valence-electron chi connectivity index (χ4n) is 4.52. The molecule has 3 atom stereocenters. The van der Waals surface area contributed by atoms with Gasteiger partial charge in [-0.25, -0.2) is 0 Å². The average Bonchev–Trinajstić information content (AvgIpc) is 2.65. The first-order chi connectivity index (χ1) is 12.2. The van der Waals surface area contributed by atoms with Crippen LogP contribution in [0.1, 0.15) is 42.7 Å². The molecule has 2 aliphatic rings. The van der Waals surface area contributed by atoms with Crippen molar-refractivity contribution in [3.63, 3.8) is 0 Å². The highest BCUT2D eigenvalue weighted by atomic mass is 16.2. The molecule has 1 amide bonds. The van der Waals surface area contributed by atoms with Crippen LogP contribution in [0.2, 0.25) is 0 Å². The van der Waals surface area contributed by atoms with Gasteiger partial charge >= 0.3 is 0 Å². The van der Waals surface area contributed by atoms with Gasteiger partial charge in [0.05, 0.1) is 0 Å². The third-order valence-corrected chi connectivity index (χ3v) is 5.68. The van der Waals surface area contributed by atoms with Crippen LogP contribution in [0, 0.1) is 5.92 Å². The second kappa shape index (κ2) is 6.83. The van der Waals surface area contributed by atoms with Crippen LogP contribution in [0.3, 0.4) is 0 Å². The van der Waals surface area contributed by atoms with Gasteiger partial charge in [0.25, 0.3) is 0 Å². The zero-order valence-electron chi connectivity index (χ0n) is 14.3. The van der Waals surface area contributed by atoms with E-state index in [-0.39, 0.29) is 23.8 Å². The molecule has 0 N–H and O–H groups in total. The quantitative estimate of drug-likeness (QED) is 0.853. The maximum atomic E-state index is 13.0. The fraction of sp³-hybridized carbons (Fsp3) is 0.364. The van der Waals surface area contributed by atoms with Gasteiger partial charge in [-0.3, -0.25) is 9.59 Å². The van der Waals surface area contributed by atoms with Gasteiger partial charge in [-0.05, 0) is 24.0 Å². The summed E-state index contributed by atoms with van der Waals surface area (Å²) >= 11 is 0. The second-order valence-corrected chi connectivity index (χ2v) is 7.18. The number of rotatable bonds is 3. The summed E-state index contributed by atoms with van der Waals surface area (Å²) < 4.78 is 0. The Balaban J connectivity index is 1.66. The minimum atomic E-state index is -0.0578. The van der Waals surface area contributed by atoms with Gasteiger partial charge in [0.1, 0.15) is 5.78 Å². The molecule has 2 aromatic rings. The summed E-state index contributed by atoms with van der Waals surface area (Å²) in [6, 6.07) is 20.2. The van der Waals surface area contributed by atoms with Gasteiger partial charge in [0.15, 0.2) is 0 Å². The van der Waals surface area contributed by atoms with Crippen molar-refractivity contribution in [1.29, 1.82) is 0 Å². The van der Waals surface area contributed by atoms with E-state index in [9.17, 15) is 9.59 Å². The smallest absolute Gasteiger partial charge is 0.223 e. The number of Topliss-reactive ketones (excluding diaryl/α,β-unsaturated/α-hetero) is 1. The number of amides is 1. The first-order valence-electron chi connectivity index (χ1n) is 9.15. The Morgan fingerprint density at radius 2 is 1.60 bits per heavy atom. The lowest BCUT2D eigenvalue weighted by atomic mass is 9.68. The Hall–Kier alpha value is -2.42. The molecule has 1 saturated carbocycles. The Morgan fingerprint density at radius 1 is 0.920 bits per heavy atom. The minimum absolute atomic E-state index is 0.0264. The third kappa shape index (κ3) is 3.11. The fourth-order valence-corrected chi connectivity index (χ4v) is 4.52. The van der Waals surface area contributed by atoms with Crippen LogP contribution < -0.4 is 0 Å². The first-order valence-corrected chi connectivity index (χ1v) is 9.15. The summed E-state index contributed by atoms with van der Waals surface area (Å²) in [6.45, 7) is 0.607. The molecule has 0 bridgehead atoms. The molecule has 4 rings (SSSR count). The lowest BCUT2D eigenvalue weighted by Gasteiger charge is -2.47. The van der Waals surface area contributed by atoms with E-state index in [1.54, 1.807) is 0 Å². The first kappa shape index (κ1) is 16.1. The van der Waals surface area contributed by atoms with E-state index >= 15 is 0 Å². The van der Waals surface area contributed by atoms with Crippen LogP contribution >= 0.6 is 0 Å². The predicted molar refractivity (Wildman–Crippen MR) is 96.9 cm³/mol. The van der Waals surface area contributed by atoms with Crippen LogP contribution in [0.25, 0.3) is 0 Å². The van der Waals surface area contributed by atoms with Crippen molar-refractivity contribution in [3.8, 4) is 0 Å². The number of ketones is 1. The van der Waals surface area contributed by atoms with Gasteiger partial charge in [0.2, 0.25) is 5.91 Å². The monoisotopic (exact) mass is 333 g/mol. The van der Waals surface area contributed by atoms with E-state index < -0.39 is 0 Å². The predicted octanol–water partition coefficient (Wildman–Crippen LogP) is 3.94.